The zero-order valence-corrected chi connectivity index (χ0v) is 15.4. The van der Waals surface area contributed by atoms with Crippen LogP contribution < -0.4 is 11.1 Å². The van der Waals surface area contributed by atoms with E-state index in [1.807, 2.05) is 0 Å². The first-order valence-corrected chi connectivity index (χ1v) is 9.90. The number of rotatable bonds is 7. The Balaban J connectivity index is 2.05. The highest BCUT2D eigenvalue weighted by molar-refractivity contribution is 7.89. The number of nitrogens with zero attached hydrogens (tertiary/aromatic N) is 2. The third-order valence-corrected chi connectivity index (χ3v) is 6.46. The summed E-state index contributed by atoms with van der Waals surface area (Å²) in [7, 11) is -2.73. The molecule has 1 aromatic rings. The van der Waals surface area contributed by atoms with Crippen molar-refractivity contribution >= 4 is 21.6 Å². The largest absolute Gasteiger partial charge is 0.352 e. The number of nitro benzene ring substituents is 1. The molecule has 9 nitrogen and oxygen atoms in total. The average Bonchev–Trinajstić information content (AvgIpc) is 2.62. The summed E-state index contributed by atoms with van der Waals surface area (Å²) in [6, 6.07) is 4.71. The lowest BCUT2D eigenvalue weighted by Gasteiger charge is -2.31. The van der Waals surface area contributed by atoms with Crippen LogP contribution in [0.4, 0.5) is 5.69 Å². The molecule has 2 rings (SSSR count). The lowest BCUT2D eigenvalue weighted by Crippen LogP contribution is -2.48. The summed E-state index contributed by atoms with van der Waals surface area (Å²) in [5.74, 6) is -0.210. The van der Waals surface area contributed by atoms with Crippen LogP contribution in [-0.4, -0.2) is 49.7 Å². The van der Waals surface area contributed by atoms with Gasteiger partial charge in [-0.2, -0.15) is 4.31 Å². The molecule has 26 heavy (non-hydrogen) atoms. The van der Waals surface area contributed by atoms with Crippen molar-refractivity contribution in [2.24, 2.45) is 11.7 Å². The Kier molecular flexibility index (Phi) is 6.68. The number of hydrogen-bond donors (Lipinski definition) is 2. The van der Waals surface area contributed by atoms with Gasteiger partial charge in [-0.15, -0.1) is 0 Å². The molecule has 0 heterocycles. The van der Waals surface area contributed by atoms with Gasteiger partial charge in [-0.3, -0.25) is 14.9 Å². The molecule has 0 spiro atoms. The van der Waals surface area contributed by atoms with Gasteiger partial charge in [0.2, 0.25) is 15.9 Å². The van der Waals surface area contributed by atoms with Gasteiger partial charge in [0.1, 0.15) is 0 Å². The quantitative estimate of drug-likeness (QED) is 0.528. The van der Waals surface area contributed by atoms with E-state index in [1.165, 1.54) is 25.2 Å². The maximum atomic E-state index is 12.6. The SMILES string of the molecule is CN(CC(=O)NC1CCCCC1CN)S(=O)(=O)c1cccc([N+](=O)[O-])c1. The van der Waals surface area contributed by atoms with Crippen LogP contribution in [0.2, 0.25) is 0 Å². The van der Waals surface area contributed by atoms with Crippen LogP contribution >= 0.6 is 0 Å². The Morgan fingerprint density at radius 1 is 1.38 bits per heavy atom. The molecule has 3 N–H and O–H groups in total. The van der Waals surface area contributed by atoms with Crippen molar-refractivity contribution in [3.8, 4) is 0 Å². The molecular weight excluding hydrogens is 360 g/mol. The molecule has 1 aliphatic carbocycles. The molecule has 1 amide bonds. The summed E-state index contributed by atoms with van der Waals surface area (Å²) in [5.41, 5.74) is 5.42. The minimum absolute atomic E-state index is 0.0461. The van der Waals surface area contributed by atoms with E-state index in [1.54, 1.807) is 0 Å². The van der Waals surface area contributed by atoms with E-state index in [9.17, 15) is 23.3 Å². The zero-order valence-electron chi connectivity index (χ0n) is 14.6. The summed E-state index contributed by atoms with van der Waals surface area (Å²) in [4.78, 5) is 22.2. The number of carbonyl (C=O) groups is 1. The summed E-state index contributed by atoms with van der Waals surface area (Å²) in [6.07, 6.45) is 3.86. The second-order valence-corrected chi connectivity index (χ2v) is 8.51. The number of likely N-dealkylation sites (N-methyl/N-ethyl adjacent to an activating group) is 1. The lowest BCUT2D eigenvalue weighted by molar-refractivity contribution is -0.385. The standard InChI is InChI=1S/C16H24N4O5S/c1-19(11-16(21)18-15-8-3-2-5-12(15)10-17)26(24,25)14-7-4-6-13(9-14)20(22)23/h4,6-7,9,12,15H,2-3,5,8,10-11,17H2,1H3,(H,18,21). The molecule has 2 atom stereocenters. The Morgan fingerprint density at radius 2 is 2.08 bits per heavy atom. The number of nitro groups is 1. The van der Waals surface area contributed by atoms with Gasteiger partial charge in [-0.05, 0) is 31.4 Å². The van der Waals surface area contributed by atoms with Crippen molar-refractivity contribution in [2.75, 3.05) is 20.1 Å². The predicted octanol–water partition coefficient (Wildman–Crippen LogP) is 0.849. The minimum Gasteiger partial charge on any atom is -0.352 e. The van der Waals surface area contributed by atoms with Crippen molar-refractivity contribution < 1.29 is 18.1 Å². The molecule has 0 saturated heterocycles. The zero-order chi connectivity index (χ0) is 19.3. The van der Waals surface area contributed by atoms with Gasteiger partial charge < -0.3 is 11.1 Å². The highest BCUT2D eigenvalue weighted by Gasteiger charge is 2.28. The van der Waals surface area contributed by atoms with E-state index >= 15 is 0 Å². The topological polar surface area (TPSA) is 136 Å². The number of non-ortho nitro benzene ring substituents is 1. The van der Waals surface area contributed by atoms with E-state index in [0.717, 1.165) is 36.1 Å². The smallest absolute Gasteiger partial charge is 0.270 e. The first kappa shape index (κ1) is 20.3. The van der Waals surface area contributed by atoms with Crippen LogP contribution in [-0.2, 0) is 14.8 Å². The summed E-state index contributed by atoms with van der Waals surface area (Å²) >= 11 is 0. The third kappa shape index (κ3) is 4.77. The van der Waals surface area contributed by atoms with Crippen LogP contribution in [0.1, 0.15) is 25.7 Å². The number of amides is 1. The number of sulfonamides is 1. The number of hydrogen-bond acceptors (Lipinski definition) is 6. The van der Waals surface area contributed by atoms with Crippen LogP contribution in [0.25, 0.3) is 0 Å². The molecular formula is C16H24N4O5S. The molecule has 1 fully saturated rings. The first-order chi connectivity index (χ1) is 12.3. The molecule has 2 unspecified atom stereocenters. The van der Waals surface area contributed by atoms with Crippen LogP contribution in [0.15, 0.2) is 29.2 Å². The molecule has 0 bridgehead atoms. The molecule has 144 valence electrons. The second-order valence-electron chi connectivity index (χ2n) is 6.47. The normalized spacial score (nSPS) is 20.7. The first-order valence-electron chi connectivity index (χ1n) is 8.46. The molecule has 0 aromatic heterocycles. The number of benzene rings is 1. The Bertz CT molecular complexity index is 768. The van der Waals surface area contributed by atoms with Crippen LogP contribution in [0, 0.1) is 16.0 Å². The number of carbonyl (C=O) groups excluding carboxylic acids is 1. The summed E-state index contributed by atoms with van der Waals surface area (Å²) in [5, 5.41) is 13.7. The predicted molar refractivity (Wildman–Crippen MR) is 95.9 cm³/mol. The average molecular weight is 384 g/mol. The van der Waals surface area contributed by atoms with Gasteiger partial charge in [-0.1, -0.05) is 18.9 Å². The molecule has 0 radical (unpaired) electrons. The van der Waals surface area contributed by atoms with Crippen molar-refractivity contribution in [3.05, 3.63) is 34.4 Å². The van der Waals surface area contributed by atoms with Gasteiger partial charge in [0.15, 0.2) is 0 Å². The van der Waals surface area contributed by atoms with Gasteiger partial charge >= 0.3 is 0 Å². The summed E-state index contributed by atoms with van der Waals surface area (Å²) in [6.45, 7) is 0.117. The van der Waals surface area contributed by atoms with Crippen molar-refractivity contribution in [1.29, 1.82) is 0 Å². The van der Waals surface area contributed by atoms with Crippen LogP contribution in [0.3, 0.4) is 0 Å². The van der Waals surface area contributed by atoms with Gasteiger partial charge in [0.05, 0.1) is 16.4 Å². The fraction of sp³-hybridized carbons (Fsp3) is 0.562. The van der Waals surface area contributed by atoms with Crippen molar-refractivity contribution in [3.63, 3.8) is 0 Å². The molecule has 1 aliphatic rings. The number of nitrogens with one attached hydrogen (secondary N) is 1. The minimum atomic E-state index is -4.01. The Labute approximate surface area is 152 Å². The van der Waals surface area contributed by atoms with E-state index in [0.29, 0.717) is 6.54 Å². The second kappa shape index (κ2) is 8.56. The van der Waals surface area contributed by atoms with Gasteiger partial charge in [0.25, 0.3) is 5.69 Å². The maximum absolute atomic E-state index is 12.6. The highest BCUT2D eigenvalue weighted by Crippen LogP contribution is 2.24. The van der Waals surface area contributed by atoms with E-state index in [2.05, 4.69) is 5.32 Å². The molecule has 0 aliphatic heterocycles. The summed E-state index contributed by atoms with van der Waals surface area (Å²) < 4.78 is 26.0. The monoisotopic (exact) mass is 384 g/mol. The van der Waals surface area contributed by atoms with Gasteiger partial charge in [0, 0.05) is 25.2 Å². The van der Waals surface area contributed by atoms with Gasteiger partial charge in [-0.25, -0.2) is 8.42 Å². The third-order valence-electron chi connectivity index (χ3n) is 4.66. The van der Waals surface area contributed by atoms with Crippen molar-refractivity contribution in [1.82, 2.24) is 9.62 Å². The fourth-order valence-electron chi connectivity index (χ4n) is 3.16. The fourth-order valence-corrected chi connectivity index (χ4v) is 4.32. The Hall–Kier alpha value is -2.04. The Morgan fingerprint density at radius 3 is 2.73 bits per heavy atom. The molecule has 1 saturated carbocycles. The van der Waals surface area contributed by atoms with E-state index < -0.39 is 20.9 Å². The van der Waals surface area contributed by atoms with E-state index in [-0.39, 0.29) is 29.1 Å². The van der Waals surface area contributed by atoms with Crippen molar-refractivity contribution in [2.45, 2.75) is 36.6 Å². The maximum Gasteiger partial charge on any atom is 0.270 e. The van der Waals surface area contributed by atoms with E-state index in [4.69, 9.17) is 5.73 Å². The molecule has 10 heteroatoms. The molecule has 1 aromatic carbocycles. The number of nitrogens with two attached hydrogens (primary N) is 1. The van der Waals surface area contributed by atoms with Crippen LogP contribution in [0.5, 0.6) is 0 Å². The highest BCUT2D eigenvalue weighted by atomic mass is 32.2. The lowest BCUT2D eigenvalue weighted by atomic mass is 9.84.